The van der Waals surface area contributed by atoms with E-state index in [1.807, 2.05) is 36.4 Å². The standard InChI is InChI=1S/C14H13N3O2S/c15-12(20)8-16-13(18)14(19)17-11-7-3-5-9-4-1-2-6-10(9)11/h1-7H,8H2,(H2,15,20)(H,16,18)(H,17,19). The highest BCUT2D eigenvalue weighted by Crippen LogP contribution is 2.22. The molecule has 2 aromatic rings. The minimum absolute atomic E-state index is 0.00285. The molecule has 0 atom stereocenters. The maximum Gasteiger partial charge on any atom is 0.313 e. The predicted octanol–water partition coefficient (Wildman–Crippen LogP) is 1.18. The number of amides is 2. The summed E-state index contributed by atoms with van der Waals surface area (Å²) in [5.41, 5.74) is 5.83. The van der Waals surface area contributed by atoms with E-state index >= 15 is 0 Å². The summed E-state index contributed by atoms with van der Waals surface area (Å²) in [7, 11) is 0. The summed E-state index contributed by atoms with van der Waals surface area (Å²) in [6.07, 6.45) is 0. The van der Waals surface area contributed by atoms with Gasteiger partial charge in [-0.05, 0) is 11.5 Å². The van der Waals surface area contributed by atoms with E-state index in [9.17, 15) is 9.59 Å². The molecule has 6 heteroatoms. The molecule has 2 rings (SSSR count). The van der Waals surface area contributed by atoms with Gasteiger partial charge in [-0.15, -0.1) is 0 Å². The van der Waals surface area contributed by atoms with E-state index in [1.54, 1.807) is 6.07 Å². The lowest BCUT2D eigenvalue weighted by Crippen LogP contribution is -2.39. The number of carbonyl (C=O) groups excluding carboxylic acids is 2. The van der Waals surface area contributed by atoms with Crippen LogP contribution in [-0.4, -0.2) is 23.3 Å². The molecule has 0 heterocycles. The first-order valence-electron chi connectivity index (χ1n) is 5.93. The number of nitrogens with one attached hydrogen (secondary N) is 2. The number of hydrogen-bond donors (Lipinski definition) is 3. The fourth-order valence-corrected chi connectivity index (χ4v) is 1.83. The van der Waals surface area contributed by atoms with Crippen LogP contribution in [0.4, 0.5) is 5.69 Å². The van der Waals surface area contributed by atoms with Gasteiger partial charge in [-0.3, -0.25) is 9.59 Å². The Morgan fingerprint density at radius 3 is 2.50 bits per heavy atom. The van der Waals surface area contributed by atoms with Crippen LogP contribution in [0.3, 0.4) is 0 Å². The molecule has 0 unspecified atom stereocenters. The minimum Gasteiger partial charge on any atom is -0.392 e. The molecule has 20 heavy (non-hydrogen) atoms. The Hall–Kier alpha value is -2.47. The molecule has 4 N–H and O–H groups in total. The number of hydrogen-bond acceptors (Lipinski definition) is 3. The van der Waals surface area contributed by atoms with E-state index in [1.165, 1.54) is 0 Å². The van der Waals surface area contributed by atoms with Gasteiger partial charge in [0, 0.05) is 11.1 Å². The van der Waals surface area contributed by atoms with Crippen molar-refractivity contribution in [3.8, 4) is 0 Å². The molecule has 5 nitrogen and oxygen atoms in total. The third-order valence-electron chi connectivity index (χ3n) is 2.67. The Morgan fingerprint density at radius 1 is 1.05 bits per heavy atom. The highest BCUT2D eigenvalue weighted by Gasteiger charge is 2.14. The minimum atomic E-state index is -0.772. The van der Waals surface area contributed by atoms with Crippen molar-refractivity contribution in [1.29, 1.82) is 0 Å². The normalized spacial score (nSPS) is 10.0. The third-order valence-corrected chi connectivity index (χ3v) is 2.81. The van der Waals surface area contributed by atoms with Crippen molar-refractivity contribution in [2.45, 2.75) is 0 Å². The SMILES string of the molecule is NC(=S)CNC(=O)C(=O)Nc1cccc2ccccc12. The van der Waals surface area contributed by atoms with Crippen molar-refractivity contribution < 1.29 is 9.59 Å². The summed E-state index contributed by atoms with van der Waals surface area (Å²) in [6.45, 7) is -0.00285. The Kier molecular flexibility index (Phi) is 4.27. The second-order valence-corrected chi connectivity index (χ2v) is 4.65. The Morgan fingerprint density at radius 2 is 1.75 bits per heavy atom. The van der Waals surface area contributed by atoms with Crippen molar-refractivity contribution in [2.24, 2.45) is 5.73 Å². The molecule has 0 spiro atoms. The Balaban J connectivity index is 2.14. The van der Waals surface area contributed by atoms with Gasteiger partial charge in [0.15, 0.2) is 0 Å². The first kappa shape index (κ1) is 14.0. The van der Waals surface area contributed by atoms with Crippen molar-refractivity contribution in [3.05, 3.63) is 42.5 Å². The van der Waals surface area contributed by atoms with Crippen molar-refractivity contribution in [3.63, 3.8) is 0 Å². The predicted molar refractivity (Wildman–Crippen MR) is 82.4 cm³/mol. The number of nitrogens with two attached hydrogens (primary N) is 1. The molecule has 0 aliphatic heterocycles. The van der Waals surface area contributed by atoms with Crippen LogP contribution >= 0.6 is 12.2 Å². The average Bonchev–Trinajstić information content (AvgIpc) is 2.45. The van der Waals surface area contributed by atoms with Gasteiger partial charge in [-0.1, -0.05) is 48.6 Å². The number of fused-ring (bicyclic) bond motifs is 1. The Bertz CT molecular complexity index is 680. The summed E-state index contributed by atoms with van der Waals surface area (Å²) in [5.74, 6) is -1.52. The molecule has 0 radical (unpaired) electrons. The molecule has 0 saturated heterocycles. The van der Waals surface area contributed by atoms with E-state index in [-0.39, 0.29) is 11.5 Å². The van der Waals surface area contributed by atoms with Crippen LogP contribution in [0.5, 0.6) is 0 Å². The molecule has 2 aromatic carbocycles. The van der Waals surface area contributed by atoms with E-state index in [0.717, 1.165) is 10.8 Å². The largest absolute Gasteiger partial charge is 0.392 e. The van der Waals surface area contributed by atoms with Crippen LogP contribution in [-0.2, 0) is 9.59 Å². The molecule has 2 amide bonds. The van der Waals surface area contributed by atoms with Crippen molar-refractivity contribution in [2.75, 3.05) is 11.9 Å². The van der Waals surface area contributed by atoms with Crippen molar-refractivity contribution >= 4 is 45.5 Å². The molecule has 0 bridgehead atoms. The lowest BCUT2D eigenvalue weighted by atomic mass is 10.1. The van der Waals surface area contributed by atoms with Gasteiger partial charge in [0.1, 0.15) is 0 Å². The van der Waals surface area contributed by atoms with Crippen LogP contribution in [0.2, 0.25) is 0 Å². The van der Waals surface area contributed by atoms with Crippen LogP contribution in [0.25, 0.3) is 10.8 Å². The lowest BCUT2D eigenvalue weighted by Gasteiger charge is -2.08. The van der Waals surface area contributed by atoms with E-state index in [4.69, 9.17) is 5.73 Å². The fourth-order valence-electron chi connectivity index (χ4n) is 1.76. The highest BCUT2D eigenvalue weighted by molar-refractivity contribution is 7.80. The number of rotatable bonds is 3. The van der Waals surface area contributed by atoms with E-state index in [2.05, 4.69) is 22.9 Å². The lowest BCUT2D eigenvalue weighted by molar-refractivity contribution is -0.135. The smallest absolute Gasteiger partial charge is 0.313 e. The number of carbonyl (C=O) groups is 2. The molecule has 0 aliphatic carbocycles. The molecular weight excluding hydrogens is 274 g/mol. The monoisotopic (exact) mass is 287 g/mol. The Labute approximate surface area is 121 Å². The maximum absolute atomic E-state index is 11.8. The first-order chi connectivity index (χ1) is 9.58. The third kappa shape index (κ3) is 3.30. The zero-order valence-electron chi connectivity index (χ0n) is 10.6. The van der Waals surface area contributed by atoms with Crippen LogP contribution in [0.15, 0.2) is 42.5 Å². The van der Waals surface area contributed by atoms with E-state index < -0.39 is 11.8 Å². The highest BCUT2D eigenvalue weighted by atomic mass is 32.1. The second-order valence-electron chi connectivity index (χ2n) is 4.13. The first-order valence-corrected chi connectivity index (χ1v) is 6.34. The molecule has 0 saturated carbocycles. The van der Waals surface area contributed by atoms with Crippen LogP contribution in [0, 0.1) is 0 Å². The molecule has 0 fully saturated rings. The van der Waals surface area contributed by atoms with Crippen LogP contribution < -0.4 is 16.4 Å². The number of thiocarbonyl (C=S) groups is 1. The van der Waals surface area contributed by atoms with Crippen molar-refractivity contribution in [1.82, 2.24) is 5.32 Å². The quantitative estimate of drug-likeness (QED) is 0.584. The van der Waals surface area contributed by atoms with Gasteiger partial charge in [0.25, 0.3) is 0 Å². The van der Waals surface area contributed by atoms with Gasteiger partial charge in [-0.2, -0.15) is 0 Å². The summed E-state index contributed by atoms with van der Waals surface area (Å²) in [6, 6.07) is 13.0. The van der Waals surface area contributed by atoms with Gasteiger partial charge < -0.3 is 16.4 Å². The maximum atomic E-state index is 11.8. The molecule has 0 aromatic heterocycles. The average molecular weight is 287 g/mol. The zero-order valence-corrected chi connectivity index (χ0v) is 11.4. The topological polar surface area (TPSA) is 84.2 Å². The molecular formula is C14H13N3O2S. The van der Waals surface area contributed by atoms with Gasteiger partial charge in [0.05, 0.1) is 11.5 Å². The molecule has 0 aliphatic rings. The summed E-state index contributed by atoms with van der Waals surface area (Å²) in [5, 5.41) is 6.75. The zero-order chi connectivity index (χ0) is 14.5. The number of anilines is 1. The molecule has 102 valence electrons. The summed E-state index contributed by atoms with van der Waals surface area (Å²) < 4.78 is 0. The summed E-state index contributed by atoms with van der Waals surface area (Å²) in [4.78, 5) is 23.4. The number of benzene rings is 2. The van der Waals surface area contributed by atoms with Gasteiger partial charge in [0.2, 0.25) is 0 Å². The van der Waals surface area contributed by atoms with E-state index in [0.29, 0.717) is 5.69 Å². The second kappa shape index (κ2) is 6.12. The van der Waals surface area contributed by atoms with Crippen LogP contribution in [0.1, 0.15) is 0 Å². The fraction of sp³-hybridized carbons (Fsp3) is 0.0714. The van der Waals surface area contributed by atoms with Gasteiger partial charge in [-0.25, -0.2) is 0 Å². The van der Waals surface area contributed by atoms with Gasteiger partial charge >= 0.3 is 11.8 Å². The summed E-state index contributed by atoms with van der Waals surface area (Å²) >= 11 is 4.62.